The molecule has 0 radical (unpaired) electrons. The van der Waals surface area contributed by atoms with E-state index in [-0.39, 0.29) is 16.8 Å². The van der Waals surface area contributed by atoms with E-state index in [4.69, 9.17) is 4.74 Å². The van der Waals surface area contributed by atoms with Crippen LogP contribution in [-0.4, -0.2) is 19.2 Å². The van der Waals surface area contributed by atoms with Gasteiger partial charge in [-0.3, -0.25) is 0 Å². The number of hydrogen-bond acceptors (Lipinski definition) is 2. The standard InChI is InChI=1S/C16H26FNO/c1-15(2,3)18-11-16(4,5)10-12-8-7-9-13(19-6)14(12)17/h7-9,18H,10-11H2,1-6H3. The number of hydrogen-bond donors (Lipinski definition) is 1. The monoisotopic (exact) mass is 267 g/mol. The summed E-state index contributed by atoms with van der Waals surface area (Å²) in [7, 11) is 1.49. The zero-order valence-corrected chi connectivity index (χ0v) is 12.9. The van der Waals surface area contributed by atoms with Crippen LogP contribution in [0.25, 0.3) is 0 Å². The Morgan fingerprint density at radius 3 is 2.32 bits per heavy atom. The average molecular weight is 267 g/mol. The van der Waals surface area contributed by atoms with Gasteiger partial charge in [0.2, 0.25) is 0 Å². The van der Waals surface area contributed by atoms with Crippen molar-refractivity contribution < 1.29 is 9.13 Å². The summed E-state index contributed by atoms with van der Waals surface area (Å²) in [6.45, 7) is 11.5. The van der Waals surface area contributed by atoms with Gasteiger partial charge in [-0.1, -0.05) is 26.0 Å². The summed E-state index contributed by atoms with van der Waals surface area (Å²) in [5.74, 6) is 0.0749. The van der Waals surface area contributed by atoms with Gasteiger partial charge in [-0.15, -0.1) is 0 Å². The minimum absolute atomic E-state index is 0.0134. The molecule has 0 saturated carbocycles. The van der Waals surface area contributed by atoms with Crippen LogP contribution in [0.2, 0.25) is 0 Å². The topological polar surface area (TPSA) is 21.3 Å². The van der Waals surface area contributed by atoms with Crippen molar-refractivity contribution in [1.29, 1.82) is 0 Å². The van der Waals surface area contributed by atoms with Crippen molar-refractivity contribution in [1.82, 2.24) is 5.32 Å². The quantitative estimate of drug-likeness (QED) is 0.876. The van der Waals surface area contributed by atoms with Crippen LogP contribution in [0.1, 0.15) is 40.2 Å². The predicted molar refractivity (Wildman–Crippen MR) is 78.2 cm³/mol. The number of rotatable bonds is 5. The second-order valence-electron chi connectivity index (χ2n) is 6.88. The molecule has 19 heavy (non-hydrogen) atoms. The molecule has 0 aliphatic heterocycles. The van der Waals surface area contributed by atoms with Gasteiger partial charge in [0.15, 0.2) is 11.6 Å². The van der Waals surface area contributed by atoms with Gasteiger partial charge in [-0.25, -0.2) is 4.39 Å². The highest BCUT2D eigenvalue weighted by atomic mass is 19.1. The average Bonchev–Trinajstić information content (AvgIpc) is 2.29. The molecule has 0 saturated heterocycles. The summed E-state index contributed by atoms with van der Waals surface area (Å²) in [6, 6.07) is 5.32. The summed E-state index contributed by atoms with van der Waals surface area (Å²) >= 11 is 0. The van der Waals surface area contributed by atoms with Crippen molar-refractivity contribution in [2.45, 2.75) is 46.6 Å². The maximum Gasteiger partial charge on any atom is 0.168 e. The van der Waals surface area contributed by atoms with Crippen LogP contribution in [0.5, 0.6) is 5.75 Å². The van der Waals surface area contributed by atoms with Gasteiger partial charge in [0, 0.05) is 12.1 Å². The first-order valence-corrected chi connectivity index (χ1v) is 6.71. The van der Waals surface area contributed by atoms with Gasteiger partial charge < -0.3 is 10.1 Å². The summed E-state index contributed by atoms with van der Waals surface area (Å²) in [5, 5.41) is 3.48. The fourth-order valence-corrected chi connectivity index (χ4v) is 1.93. The summed E-state index contributed by atoms with van der Waals surface area (Å²) < 4.78 is 19.2. The van der Waals surface area contributed by atoms with Gasteiger partial charge in [0.1, 0.15) is 0 Å². The van der Waals surface area contributed by atoms with Crippen molar-refractivity contribution in [3.63, 3.8) is 0 Å². The Bertz CT molecular complexity index is 421. The Labute approximate surface area is 116 Å². The van der Waals surface area contributed by atoms with Crippen molar-refractivity contribution in [3.8, 4) is 5.75 Å². The van der Waals surface area contributed by atoms with Crippen LogP contribution < -0.4 is 10.1 Å². The number of ether oxygens (including phenoxy) is 1. The van der Waals surface area contributed by atoms with Gasteiger partial charge in [0.25, 0.3) is 0 Å². The first-order chi connectivity index (χ1) is 8.64. The lowest BCUT2D eigenvalue weighted by Crippen LogP contribution is -2.42. The number of methoxy groups -OCH3 is 1. The molecule has 0 aromatic heterocycles. The molecule has 0 spiro atoms. The smallest absolute Gasteiger partial charge is 0.168 e. The third-order valence-electron chi connectivity index (χ3n) is 3.03. The Balaban J connectivity index is 2.78. The molecular formula is C16H26FNO. The van der Waals surface area contributed by atoms with E-state index in [0.29, 0.717) is 17.7 Å². The maximum absolute atomic E-state index is 14.1. The Kier molecular flexibility index (Phi) is 4.97. The summed E-state index contributed by atoms with van der Waals surface area (Å²) in [6.07, 6.45) is 0.680. The van der Waals surface area contributed by atoms with Crippen LogP contribution in [0.4, 0.5) is 4.39 Å². The number of halogens is 1. The molecule has 0 bridgehead atoms. The highest BCUT2D eigenvalue weighted by Gasteiger charge is 2.23. The van der Waals surface area contributed by atoms with Crippen LogP contribution in [0, 0.1) is 11.2 Å². The second-order valence-corrected chi connectivity index (χ2v) is 6.88. The highest BCUT2D eigenvalue weighted by Crippen LogP contribution is 2.27. The van der Waals surface area contributed by atoms with Crippen LogP contribution in [0.3, 0.4) is 0 Å². The molecular weight excluding hydrogens is 241 g/mol. The fourth-order valence-electron chi connectivity index (χ4n) is 1.93. The Morgan fingerprint density at radius 2 is 1.79 bits per heavy atom. The van der Waals surface area contributed by atoms with Crippen molar-refractivity contribution in [3.05, 3.63) is 29.6 Å². The molecule has 3 heteroatoms. The van der Waals surface area contributed by atoms with E-state index in [1.807, 2.05) is 12.1 Å². The highest BCUT2D eigenvalue weighted by molar-refractivity contribution is 5.31. The molecule has 0 unspecified atom stereocenters. The summed E-state index contributed by atoms with van der Waals surface area (Å²) in [5.41, 5.74) is 0.769. The lowest BCUT2D eigenvalue weighted by molar-refractivity contribution is 0.285. The van der Waals surface area contributed by atoms with E-state index >= 15 is 0 Å². The Morgan fingerprint density at radius 1 is 1.16 bits per heavy atom. The maximum atomic E-state index is 14.1. The second kappa shape index (κ2) is 5.91. The van der Waals surface area contributed by atoms with Crippen molar-refractivity contribution in [2.75, 3.05) is 13.7 Å². The normalized spacial score (nSPS) is 12.6. The van der Waals surface area contributed by atoms with E-state index < -0.39 is 0 Å². The third kappa shape index (κ3) is 5.19. The molecule has 108 valence electrons. The minimum Gasteiger partial charge on any atom is -0.494 e. The van der Waals surface area contributed by atoms with Gasteiger partial charge in [0.05, 0.1) is 7.11 Å². The van der Waals surface area contributed by atoms with Gasteiger partial charge >= 0.3 is 0 Å². The van der Waals surface area contributed by atoms with Gasteiger partial charge in [-0.05, 0) is 44.2 Å². The molecule has 0 atom stereocenters. The fraction of sp³-hybridized carbons (Fsp3) is 0.625. The SMILES string of the molecule is COc1cccc(CC(C)(C)CNC(C)(C)C)c1F. The number of benzene rings is 1. The molecule has 1 rings (SSSR count). The van der Waals surface area contributed by atoms with Crippen molar-refractivity contribution >= 4 is 0 Å². The van der Waals surface area contributed by atoms with Crippen LogP contribution >= 0.6 is 0 Å². The van der Waals surface area contributed by atoms with Crippen molar-refractivity contribution in [2.24, 2.45) is 5.41 Å². The molecule has 0 heterocycles. The van der Waals surface area contributed by atoms with E-state index in [2.05, 4.69) is 39.9 Å². The molecule has 0 aliphatic carbocycles. The first kappa shape index (κ1) is 16.0. The predicted octanol–water partition coefficient (Wildman–Crippen LogP) is 3.79. The number of nitrogens with one attached hydrogen (secondary N) is 1. The molecule has 0 amide bonds. The molecule has 1 N–H and O–H groups in total. The Hall–Kier alpha value is -1.09. The molecule has 0 fully saturated rings. The molecule has 1 aromatic rings. The van der Waals surface area contributed by atoms with E-state index in [1.165, 1.54) is 7.11 Å². The van der Waals surface area contributed by atoms with E-state index in [9.17, 15) is 4.39 Å². The molecule has 1 aromatic carbocycles. The third-order valence-corrected chi connectivity index (χ3v) is 3.03. The zero-order valence-electron chi connectivity index (χ0n) is 12.9. The molecule has 2 nitrogen and oxygen atoms in total. The zero-order chi connectivity index (χ0) is 14.7. The van der Waals surface area contributed by atoms with Crippen LogP contribution in [0.15, 0.2) is 18.2 Å². The van der Waals surface area contributed by atoms with Gasteiger partial charge in [-0.2, -0.15) is 0 Å². The summed E-state index contributed by atoms with van der Waals surface area (Å²) in [4.78, 5) is 0. The van der Waals surface area contributed by atoms with E-state index in [1.54, 1.807) is 6.07 Å². The lowest BCUT2D eigenvalue weighted by Gasteiger charge is -2.30. The van der Waals surface area contributed by atoms with Crippen LogP contribution in [-0.2, 0) is 6.42 Å². The molecule has 0 aliphatic rings. The first-order valence-electron chi connectivity index (χ1n) is 6.71. The van der Waals surface area contributed by atoms with E-state index in [0.717, 1.165) is 6.54 Å². The lowest BCUT2D eigenvalue weighted by atomic mass is 9.84. The largest absolute Gasteiger partial charge is 0.494 e. The minimum atomic E-state index is -0.242.